The molecule has 0 bridgehead atoms. The van der Waals surface area contributed by atoms with E-state index in [1.165, 1.54) is 11.8 Å². The molecule has 0 unspecified atom stereocenters. The van der Waals surface area contributed by atoms with Crippen molar-refractivity contribution in [2.75, 3.05) is 32.9 Å². The fraction of sp³-hybridized carbons (Fsp3) is 0.533. The van der Waals surface area contributed by atoms with Crippen LogP contribution in [0.2, 0.25) is 0 Å². The van der Waals surface area contributed by atoms with Crippen molar-refractivity contribution in [1.29, 1.82) is 0 Å². The Balaban J connectivity index is 1.80. The van der Waals surface area contributed by atoms with Crippen LogP contribution in [0.4, 0.5) is 4.79 Å². The first-order chi connectivity index (χ1) is 10.5. The summed E-state index contributed by atoms with van der Waals surface area (Å²) in [5.41, 5.74) is 0.0614. The number of rotatable bonds is 2. The average Bonchev–Trinajstić information content (AvgIpc) is 2.80. The van der Waals surface area contributed by atoms with Crippen LogP contribution in [0.1, 0.15) is 23.2 Å². The number of likely N-dealkylation sites (tertiary alicyclic amines) is 1. The van der Waals surface area contributed by atoms with Gasteiger partial charge in [0.2, 0.25) is 0 Å². The molecule has 3 heterocycles. The number of hydrogen-bond acceptors (Lipinski definition) is 5. The largest absolute Gasteiger partial charge is 0.439 e. The summed E-state index contributed by atoms with van der Waals surface area (Å²) in [5, 5.41) is 0.729. The van der Waals surface area contributed by atoms with Crippen molar-refractivity contribution < 1.29 is 14.3 Å². The van der Waals surface area contributed by atoms with Gasteiger partial charge in [0.25, 0.3) is 5.91 Å². The van der Waals surface area contributed by atoms with Gasteiger partial charge in [-0.25, -0.2) is 9.78 Å². The number of amides is 2. The molecule has 6 nitrogen and oxygen atoms in total. The number of hydrogen-bond donors (Lipinski definition) is 0. The molecule has 1 aromatic rings. The Labute approximate surface area is 133 Å². The summed E-state index contributed by atoms with van der Waals surface area (Å²) < 4.78 is 5.55. The number of pyridine rings is 1. The Hall–Kier alpha value is -1.76. The Kier molecular flexibility index (Phi) is 3.99. The highest BCUT2D eigenvalue weighted by atomic mass is 32.2. The fourth-order valence-electron chi connectivity index (χ4n) is 3.16. The lowest BCUT2D eigenvalue weighted by Gasteiger charge is -2.38. The molecule has 2 saturated heterocycles. The van der Waals surface area contributed by atoms with Crippen LogP contribution in [0.5, 0.6) is 0 Å². The first-order valence-electron chi connectivity index (χ1n) is 7.27. The summed E-state index contributed by atoms with van der Waals surface area (Å²) in [4.78, 5) is 32.1. The lowest BCUT2D eigenvalue weighted by molar-refractivity contribution is -0.00536. The molecule has 2 aliphatic heterocycles. The predicted molar refractivity (Wildman–Crippen MR) is 83.0 cm³/mol. The highest BCUT2D eigenvalue weighted by Gasteiger charge is 2.47. The molecule has 1 aromatic heterocycles. The third kappa shape index (κ3) is 2.65. The molecule has 2 fully saturated rings. The number of aromatic nitrogens is 1. The first kappa shape index (κ1) is 15.1. The minimum Gasteiger partial charge on any atom is -0.439 e. The molecule has 0 radical (unpaired) electrons. The standard InChI is InChI=1S/C15H19N3O3S/c1-17-9-15(21-14(17)20)6-4-8-18(10-15)13(19)11-5-3-7-16-12(11)22-2/h3,5,7H,4,6,8-10H2,1-2H3/t15-/m1/s1. The van der Waals surface area contributed by atoms with E-state index in [1.807, 2.05) is 6.26 Å². The van der Waals surface area contributed by atoms with Crippen LogP contribution in [-0.2, 0) is 4.74 Å². The number of ether oxygens (including phenoxy) is 1. The smallest absolute Gasteiger partial charge is 0.410 e. The van der Waals surface area contributed by atoms with Crippen LogP contribution in [0.15, 0.2) is 23.4 Å². The lowest BCUT2D eigenvalue weighted by Crippen LogP contribution is -2.52. The summed E-state index contributed by atoms with van der Waals surface area (Å²) in [6, 6.07) is 3.57. The van der Waals surface area contributed by atoms with Gasteiger partial charge in [-0.15, -0.1) is 11.8 Å². The van der Waals surface area contributed by atoms with Crippen LogP contribution in [0.3, 0.4) is 0 Å². The Morgan fingerprint density at radius 3 is 2.95 bits per heavy atom. The van der Waals surface area contributed by atoms with Gasteiger partial charge in [-0.3, -0.25) is 4.79 Å². The second kappa shape index (κ2) is 5.79. The summed E-state index contributed by atoms with van der Waals surface area (Å²) in [6.07, 6.45) is 4.93. The number of nitrogens with zero attached hydrogens (tertiary/aromatic N) is 3. The van der Waals surface area contributed by atoms with Gasteiger partial charge in [-0.2, -0.15) is 0 Å². The maximum atomic E-state index is 12.8. The third-order valence-corrected chi connectivity index (χ3v) is 4.87. The number of piperidine rings is 1. The molecule has 0 N–H and O–H groups in total. The minimum atomic E-state index is -0.554. The molecule has 7 heteroatoms. The Morgan fingerprint density at radius 1 is 1.45 bits per heavy atom. The molecule has 0 aliphatic carbocycles. The van der Waals surface area contributed by atoms with Crippen molar-refractivity contribution in [3.05, 3.63) is 23.9 Å². The predicted octanol–water partition coefficient (Wildman–Crippen LogP) is 1.86. The van der Waals surface area contributed by atoms with Gasteiger partial charge in [0.05, 0.1) is 18.7 Å². The summed E-state index contributed by atoms with van der Waals surface area (Å²) in [5.74, 6) is -0.0397. The summed E-state index contributed by atoms with van der Waals surface area (Å²) in [6.45, 7) is 1.67. The Bertz CT molecular complexity index is 609. The molecule has 2 amide bonds. The topological polar surface area (TPSA) is 62.7 Å². The maximum absolute atomic E-state index is 12.8. The zero-order valence-electron chi connectivity index (χ0n) is 12.7. The van der Waals surface area contributed by atoms with Crippen molar-refractivity contribution in [2.24, 2.45) is 0 Å². The van der Waals surface area contributed by atoms with E-state index in [-0.39, 0.29) is 12.0 Å². The van der Waals surface area contributed by atoms with Crippen LogP contribution >= 0.6 is 11.8 Å². The summed E-state index contributed by atoms with van der Waals surface area (Å²) in [7, 11) is 1.73. The van der Waals surface area contributed by atoms with Crippen LogP contribution in [0, 0.1) is 0 Å². The molecular formula is C15H19N3O3S. The molecule has 22 heavy (non-hydrogen) atoms. The second-order valence-electron chi connectivity index (χ2n) is 5.80. The molecule has 1 spiro atoms. The number of thioether (sulfide) groups is 1. The van der Waals surface area contributed by atoms with Crippen LogP contribution in [0.25, 0.3) is 0 Å². The van der Waals surface area contributed by atoms with Crippen molar-refractivity contribution in [1.82, 2.24) is 14.8 Å². The number of carbonyl (C=O) groups excluding carboxylic acids is 2. The molecule has 0 aromatic carbocycles. The molecule has 118 valence electrons. The summed E-state index contributed by atoms with van der Waals surface area (Å²) >= 11 is 1.46. The minimum absolute atomic E-state index is 0.0397. The van der Waals surface area contributed by atoms with Gasteiger partial charge >= 0.3 is 6.09 Å². The SMILES string of the molecule is CSc1ncccc1C(=O)N1CCC[C@@]2(CN(C)C(=O)O2)C1. The van der Waals surface area contributed by atoms with E-state index in [9.17, 15) is 9.59 Å². The van der Waals surface area contributed by atoms with Gasteiger partial charge in [0.15, 0.2) is 0 Å². The van der Waals surface area contributed by atoms with E-state index in [0.29, 0.717) is 25.2 Å². The van der Waals surface area contributed by atoms with Crippen molar-refractivity contribution >= 4 is 23.8 Å². The quantitative estimate of drug-likeness (QED) is 0.778. The fourth-order valence-corrected chi connectivity index (χ4v) is 3.70. The molecule has 0 saturated carbocycles. The molecular weight excluding hydrogens is 302 g/mol. The molecule has 2 aliphatic rings. The van der Waals surface area contributed by atoms with E-state index in [4.69, 9.17) is 4.74 Å². The van der Waals surface area contributed by atoms with Crippen molar-refractivity contribution in [2.45, 2.75) is 23.5 Å². The molecule has 3 rings (SSSR count). The van der Waals surface area contributed by atoms with Gasteiger partial charge in [-0.05, 0) is 31.2 Å². The molecule has 1 atom stereocenters. The second-order valence-corrected chi connectivity index (χ2v) is 6.59. The third-order valence-electron chi connectivity index (χ3n) is 4.16. The first-order valence-corrected chi connectivity index (χ1v) is 8.49. The maximum Gasteiger partial charge on any atom is 0.410 e. The van der Waals surface area contributed by atoms with E-state index in [1.54, 1.807) is 35.2 Å². The highest BCUT2D eigenvalue weighted by molar-refractivity contribution is 7.98. The van der Waals surface area contributed by atoms with Crippen LogP contribution in [-0.4, -0.2) is 65.3 Å². The van der Waals surface area contributed by atoms with E-state index >= 15 is 0 Å². The van der Waals surface area contributed by atoms with Gasteiger partial charge in [-0.1, -0.05) is 0 Å². The monoisotopic (exact) mass is 321 g/mol. The van der Waals surface area contributed by atoms with Crippen molar-refractivity contribution in [3.8, 4) is 0 Å². The zero-order valence-corrected chi connectivity index (χ0v) is 13.6. The number of likely N-dealkylation sites (N-methyl/N-ethyl adjacent to an activating group) is 1. The van der Waals surface area contributed by atoms with Crippen LogP contribution < -0.4 is 0 Å². The van der Waals surface area contributed by atoms with E-state index in [2.05, 4.69) is 4.98 Å². The van der Waals surface area contributed by atoms with Gasteiger partial charge < -0.3 is 14.5 Å². The normalized spacial score (nSPS) is 24.7. The Morgan fingerprint density at radius 2 is 2.27 bits per heavy atom. The van der Waals surface area contributed by atoms with Gasteiger partial charge in [0, 0.05) is 19.8 Å². The van der Waals surface area contributed by atoms with Crippen molar-refractivity contribution in [3.63, 3.8) is 0 Å². The average molecular weight is 321 g/mol. The zero-order chi connectivity index (χ0) is 15.7. The number of carbonyl (C=O) groups is 2. The lowest BCUT2D eigenvalue weighted by atomic mass is 9.92. The van der Waals surface area contributed by atoms with Gasteiger partial charge in [0.1, 0.15) is 10.6 Å². The highest BCUT2D eigenvalue weighted by Crippen LogP contribution is 2.32. The van der Waals surface area contributed by atoms with E-state index < -0.39 is 5.60 Å². The van der Waals surface area contributed by atoms with E-state index in [0.717, 1.165) is 17.9 Å².